The summed E-state index contributed by atoms with van der Waals surface area (Å²) in [7, 11) is -1.92. The van der Waals surface area contributed by atoms with Crippen LogP contribution >= 0.6 is 7.37 Å². The number of rotatable bonds is 3. The molecule has 0 spiro atoms. The van der Waals surface area contributed by atoms with Crippen molar-refractivity contribution in [2.45, 2.75) is 0 Å². The van der Waals surface area contributed by atoms with Crippen LogP contribution in [0.5, 0.6) is 5.75 Å². The van der Waals surface area contributed by atoms with E-state index in [1.54, 1.807) is 55.6 Å². The lowest BCUT2D eigenvalue weighted by Gasteiger charge is -2.12. The van der Waals surface area contributed by atoms with Gasteiger partial charge in [0.15, 0.2) is 0 Å². The topological polar surface area (TPSA) is 46.5 Å². The second-order valence-electron chi connectivity index (χ2n) is 3.61. The predicted molar refractivity (Wildman–Crippen MR) is 68.5 cm³/mol. The molecule has 0 radical (unpaired) electrons. The smallest absolute Gasteiger partial charge is 0.258 e. The first kappa shape index (κ1) is 11.9. The lowest BCUT2D eigenvalue weighted by Crippen LogP contribution is -2.14. The van der Waals surface area contributed by atoms with Gasteiger partial charge in [0.25, 0.3) is 7.37 Å². The molecule has 0 aliphatic heterocycles. The Morgan fingerprint density at radius 2 is 1.47 bits per heavy atom. The molecule has 1 unspecified atom stereocenters. The predicted octanol–water partition coefficient (Wildman–Crippen LogP) is 1.92. The van der Waals surface area contributed by atoms with Gasteiger partial charge < -0.3 is 9.63 Å². The van der Waals surface area contributed by atoms with E-state index in [2.05, 4.69) is 0 Å². The third-order valence-electron chi connectivity index (χ3n) is 2.53. The van der Waals surface area contributed by atoms with Gasteiger partial charge in [0.05, 0.1) is 7.11 Å². The molecule has 88 valence electrons. The summed E-state index contributed by atoms with van der Waals surface area (Å²) >= 11 is 0. The van der Waals surface area contributed by atoms with E-state index < -0.39 is 7.37 Å². The number of ether oxygens (including phenoxy) is 1. The Hall–Kier alpha value is -1.57. The SMILES string of the molecule is COc1ccc(P(=O)(O)c2ccccc2)cc1. The van der Waals surface area contributed by atoms with Gasteiger partial charge >= 0.3 is 0 Å². The van der Waals surface area contributed by atoms with E-state index in [0.29, 0.717) is 16.4 Å². The lowest BCUT2D eigenvalue weighted by molar-refractivity contribution is 0.415. The maximum absolute atomic E-state index is 12.3. The van der Waals surface area contributed by atoms with Gasteiger partial charge in [-0.05, 0) is 36.4 Å². The van der Waals surface area contributed by atoms with Gasteiger partial charge in [-0.2, -0.15) is 0 Å². The zero-order chi connectivity index (χ0) is 12.3. The highest BCUT2D eigenvalue weighted by molar-refractivity contribution is 7.73. The summed E-state index contributed by atoms with van der Waals surface area (Å²) in [5.74, 6) is 0.668. The summed E-state index contributed by atoms with van der Waals surface area (Å²) in [4.78, 5) is 10.1. The Balaban J connectivity index is 2.41. The minimum atomic E-state index is -3.48. The third-order valence-corrected chi connectivity index (χ3v) is 4.52. The zero-order valence-corrected chi connectivity index (χ0v) is 10.3. The maximum Gasteiger partial charge on any atom is 0.258 e. The molecule has 17 heavy (non-hydrogen) atoms. The van der Waals surface area contributed by atoms with Gasteiger partial charge in [-0.1, -0.05) is 18.2 Å². The average Bonchev–Trinajstić information content (AvgIpc) is 2.40. The van der Waals surface area contributed by atoms with Crippen molar-refractivity contribution in [3.05, 3.63) is 54.6 Å². The van der Waals surface area contributed by atoms with Crippen molar-refractivity contribution in [1.29, 1.82) is 0 Å². The van der Waals surface area contributed by atoms with E-state index in [0.717, 1.165) is 0 Å². The van der Waals surface area contributed by atoms with Crippen molar-refractivity contribution in [2.24, 2.45) is 0 Å². The van der Waals surface area contributed by atoms with Gasteiger partial charge in [0.2, 0.25) is 0 Å². The van der Waals surface area contributed by atoms with Gasteiger partial charge in [0, 0.05) is 10.6 Å². The number of hydrogen-bond donors (Lipinski definition) is 1. The first-order chi connectivity index (χ1) is 8.14. The average molecular weight is 248 g/mol. The van der Waals surface area contributed by atoms with Crippen LogP contribution in [0.15, 0.2) is 54.6 Å². The van der Waals surface area contributed by atoms with Crippen LogP contribution in [-0.4, -0.2) is 12.0 Å². The van der Waals surface area contributed by atoms with Crippen molar-refractivity contribution in [3.63, 3.8) is 0 Å². The van der Waals surface area contributed by atoms with Gasteiger partial charge in [0.1, 0.15) is 5.75 Å². The highest BCUT2D eigenvalue weighted by atomic mass is 31.2. The third kappa shape index (κ3) is 2.41. The summed E-state index contributed by atoms with van der Waals surface area (Å²) in [6, 6.07) is 15.2. The molecule has 2 rings (SSSR count). The largest absolute Gasteiger partial charge is 0.497 e. The minimum absolute atomic E-state index is 0.407. The molecule has 1 N–H and O–H groups in total. The van der Waals surface area contributed by atoms with E-state index in [9.17, 15) is 9.46 Å². The molecule has 0 bridgehead atoms. The summed E-state index contributed by atoms with van der Waals surface area (Å²) in [5.41, 5.74) is 0. The molecule has 3 nitrogen and oxygen atoms in total. The lowest BCUT2D eigenvalue weighted by atomic mass is 10.3. The van der Waals surface area contributed by atoms with Crippen LogP contribution in [0.25, 0.3) is 0 Å². The van der Waals surface area contributed by atoms with E-state index in [1.165, 1.54) is 0 Å². The normalized spacial score (nSPS) is 14.0. The molecule has 0 saturated heterocycles. The molecule has 0 amide bonds. The monoisotopic (exact) mass is 248 g/mol. The maximum atomic E-state index is 12.3. The Morgan fingerprint density at radius 1 is 0.941 bits per heavy atom. The van der Waals surface area contributed by atoms with Gasteiger partial charge in [-0.15, -0.1) is 0 Å². The Morgan fingerprint density at radius 3 is 2.00 bits per heavy atom. The van der Waals surface area contributed by atoms with Crippen LogP contribution in [0.3, 0.4) is 0 Å². The molecule has 4 heteroatoms. The van der Waals surface area contributed by atoms with Gasteiger partial charge in [-0.3, -0.25) is 4.57 Å². The molecule has 0 aromatic heterocycles. The molecular formula is C13H13O3P. The van der Waals surface area contributed by atoms with Crippen molar-refractivity contribution in [1.82, 2.24) is 0 Å². The van der Waals surface area contributed by atoms with E-state index in [-0.39, 0.29) is 0 Å². The van der Waals surface area contributed by atoms with E-state index in [4.69, 9.17) is 4.74 Å². The second-order valence-corrected chi connectivity index (χ2v) is 5.79. The van der Waals surface area contributed by atoms with E-state index >= 15 is 0 Å². The number of methoxy groups -OCH3 is 1. The highest BCUT2D eigenvalue weighted by Crippen LogP contribution is 2.38. The molecule has 0 aliphatic carbocycles. The molecular weight excluding hydrogens is 235 g/mol. The first-order valence-electron chi connectivity index (χ1n) is 5.17. The van der Waals surface area contributed by atoms with Crippen molar-refractivity contribution in [2.75, 3.05) is 7.11 Å². The fraction of sp³-hybridized carbons (Fsp3) is 0.0769. The van der Waals surface area contributed by atoms with Crippen molar-refractivity contribution >= 4 is 18.0 Å². The minimum Gasteiger partial charge on any atom is -0.497 e. The molecule has 0 fully saturated rings. The Kier molecular flexibility index (Phi) is 3.32. The quantitative estimate of drug-likeness (QED) is 0.844. The Bertz CT molecular complexity index is 534. The van der Waals surface area contributed by atoms with Crippen LogP contribution in [-0.2, 0) is 4.57 Å². The fourth-order valence-corrected chi connectivity index (χ4v) is 2.99. The second kappa shape index (κ2) is 4.74. The molecule has 2 aromatic carbocycles. The van der Waals surface area contributed by atoms with Crippen LogP contribution in [0, 0.1) is 0 Å². The Labute approximate surface area is 100 Å². The van der Waals surface area contributed by atoms with E-state index in [1.807, 2.05) is 6.07 Å². The molecule has 2 aromatic rings. The first-order valence-corrected chi connectivity index (χ1v) is 6.83. The summed E-state index contributed by atoms with van der Waals surface area (Å²) in [5, 5.41) is 0.842. The fourth-order valence-electron chi connectivity index (χ4n) is 1.56. The molecule has 0 aliphatic rings. The van der Waals surface area contributed by atoms with Crippen LogP contribution in [0.1, 0.15) is 0 Å². The van der Waals surface area contributed by atoms with Crippen LogP contribution in [0.4, 0.5) is 0 Å². The molecule has 0 heterocycles. The summed E-state index contributed by atoms with van der Waals surface area (Å²) < 4.78 is 17.3. The van der Waals surface area contributed by atoms with Crippen molar-refractivity contribution < 1.29 is 14.2 Å². The molecule has 0 saturated carbocycles. The van der Waals surface area contributed by atoms with Crippen LogP contribution < -0.4 is 15.3 Å². The number of benzene rings is 2. The molecule has 1 atom stereocenters. The zero-order valence-electron chi connectivity index (χ0n) is 9.41. The summed E-state index contributed by atoms with van der Waals surface area (Å²) in [6.45, 7) is 0. The van der Waals surface area contributed by atoms with Gasteiger partial charge in [-0.25, -0.2) is 0 Å². The summed E-state index contributed by atoms with van der Waals surface area (Å²) in [6.07, 6.45) is 0. The highest BCUT2D eigenvalue weighted by Gasteiger charge is 2.23. The van der Waals surface area contributed by atoms with Crippen LogP contribution in [0.2, 0.25) is 0 Å². The standard InChI is InChI=1S/C13H13O3P/c1-16-11-7-9-13(10-8-11)17(14,15)12-5-3-2-4-6-12/h2-10H,1H3,(H,14,15). The van der Waals surface area contributed by atoms with Crippen molar-refractivity contribution in [3.8, 4) is 5.75 Å². The number of hydrogen-bond acceptors (Lipinski definition) is 2.